The minimum atomic E-state index is -1.83. The number of hydrogen-bond donors (Lipinski definition) is 2. The zero-order valence-electron chi connectivity index (χ0n) is 13.7. The van der Waals surface area contributed by atoms with Gasteiger partial charge in [-0.25, -0.2) is 4.79 Å². The zero-order chi connectivity index (χ0) is 17.0. The first-order valence-electron chi connectivity index (χ1n) is 7.36. The van der Waals surface area contributed by atoms with Crippen molar-refractivity contribution in [3.63, 3.8) is 0 Å². The fourth-order valence-corrected chi connectivity index (χ4v) is 1.68. The van der Waals surface area contributed by atoms with E-state index in [2.05, 4.69) is 76.2 Å². The van der Waals surface area contributed by atoms with Crippen LogP contribution in [0.25, 0.3) is 0 Å². The van der Waals surface area contributed by atoms with E-state index in [0.29, 0.717) is 11.8 Å². The first kappa shape index (κ1) is 19.7. The van der Waals surface area contributed by atoms with Crippen LogP contribution in [0.1, 0.15) is 50.7 Å². The van der Waals surface area contributed by atoms with Crippen LogP contribution < -0.4 is 0 Å². The van der Waals surface area contributed by atoms with Crippen LogP contribution in [0.2, 0.25) is 0 Å². The van der Waals surface area contributed by atoms with E-state index >= 15 is 0 Å². The standard InChI is InChI=1S/2C9H12.CH2O3/c2*1-8(2)9-6-4-3-5-7-9;2-1(3)4/h2*3-8H,1-2H3;(H2,2,3,4). The maximum absolute atomic E-state index is 8.56. The van der Waals surface area contributed by atoms with Gasteiger partial charge in [-0.1, -0.05) is 88.4 Å². The molecule has 0 fully saturated rings. The Hall–Kier alpha value is -2.29. The van der Waals surface area contributed by atoms with Crippen molar-refractivity contribution in [3.05, 3.63) is 71.8 Å². The van der Waals surface area contributed by atoms with Crippen molar-refractivity contribution in [2.24, 2.45) is 0 Å². The van der Waals surface area contributed by atoms with E-state index in [9.17, 15) is 0 Å². The summed E-state index contributed by atoms with van der Waals surface area (Å²) in [4.78, 5) is 8.56. The van der Waals surface area contributed by atoms with Gasteiger partial charge in [-0.15, -0.1) is 0 Å². The number of benzene rings is 2. The molecule has 0 unspecified atom stereocenters. The molecule has 3 heteroatoms. The molecule has 120 valence electrons. The summed E-state index contributed by atoms with van der Waals surface area (Å²) in [6.45, 7) is 8.81. The maximum Gasteiger partial charge on any atom is 0.503 e. The Bertz CT molecular complexity index is 457. The monoisotopic (exact) mass is 302 g/mol. The number of carboxylic acid groups (broad SMARTS) is 2. The van der Waals surface area contributed by atoms with Crippen LogP contribution >= 0.6 is 0 Å². The Labute approximate surface area is 133 Å². The first-order valence-corrected chi connectivity index (χ1v) is 7.36. The molecule has 22 heavy (non-hydrogen) atoms. The van der Waals surface area contributed by atoms with E-state index in [1.807, 2.05) is 12.1 Å². The molecule has 2 aromatic carbocycles. The molecule has 2 N–H and O–H groups in total. The average Bonchev–Trinajstić information content (AvgIpc) is 2.49. The molecular formula is C19H26O3. The van der Waals surface area contributed by atoms with Gasteiger partial charge in [0.15, 0.2) is 0 Å². The molecule has 0 aliphatic heterocycles. The molecule has 0 saturated carbocycles. The highest BCUT2D eigenvalue weighted by Gasteiger charge is 1.94. The van der Waals surface area contributed by atoms with Crippen LogP contribution in [0.4, 0.5) is 4.79 Å². The second kappa shape index (κ2) is 11.4. The normalized spacial score (nSPS) is 9.36. The van der Waals surface area contributed by atoms with Gasteiger partial charge in [-0.3, -0.25) is 0 Å². The van der Waals surface area contributed by atoms with Gasteiger partial charge < -0.3 is 10.2 Å². The Morgan fingerprint density at radius 2 is 0.909 bits per heavy atom. The van der Waals surface area contributed by atoms with Crippen LogP contribution in [-0.2, 0) is 0 Å². The molecule has 2 rings (SSSR count). The van der Waals surface area contributed by atoms with Gasteiger partial charge >= 0.3 is 6.16 Å². The quantitative estimate of drug-likeness (QED) is 0.732. The molecule has 0 bridgehead atoms. The van der Waals surface area contributed by atoms with Crippen LogP contribution in [-0.4, -0.2) is 16.4 Å². The SMILES string of the molecule is CC(C)c1ccccc1.CC(C)c1ccccc1.O=C(O)O. The van der Waals surface area contributed by atoms with Gasteiger partial charge in [0.2, 0.25) is 0 Å². The molecule has 0 aliphatic rings. The maximum atomic E-state index is 8.56. The summed E-state index contributed by atoms with van der Waals surface area (Å²) in [5.41, 5.74) is 2.83. The minimum absolute atomic E-state index is 0.659. The first-order chi connectivity index (χ1) is 10.3. The fourth-order valence-electron chi connectivity index (χ4n) is 1.68. The smallest absolute Gasteiger partial charge is 0.450 e. The molecule has 0 saturated heterocycles. The zero-order valence-corrected chi connectivity index (χ0v) is 13.7. The second-order valence-corrected chi connectivity index (χ2v) is 5.41. The van der Waals surface area contributed by atoms with Crippen LogP contribution in [0.3, 0.4) is 0 Å². The molecule has 0 aliphatic carbocycles. The van der Waals surface area contributed by atoms with E-state index in [4.69, 9.17) is 15.0 Å². The van der Waals surface area contributed by atoms with Gasteiger partial charge in [0.1, 0.15) is 0 Å². The molecule has 0 heterocycles. The molecule has 0 atom stereocenters. The lowest BCUT2D eigenvalue weighted by atomic mass is 10.0. The van der Waals surface area contributed by atoms with E-state index in [-0.39, 0.29) is 0 Å². The van der Waals surface area contributed by atoms with Gasteiger partial charge in [0.05, 0.1) is 0 Å². The van der Waals surface area contributed by atoms with Crippen molar-refractivity contribution in [2.75, 3.05) is 0 Å². The van der Waals surface area contributed by atoms with Gasteiger partial charge in [0, 0.05) is 0 Å². The van der Waals surface area contributed by atoms with Crippen molar-refractivity contribution in [3.8, 4) is 0 Å². The van der Waals surface area contributed by atoms with Crippen molar-refractivity contribution in [1.29, 1.82) is 0 Å². The predicted molar refractivity (Wildman–Crippen MR) is 91.7 cm³/mol. The largest absolute Gasteiger partial charge is 0.503 e. The lowest BCUT2D eigenvalue weighted by Gasteiger charge is -2.01. The highest BCUT2D eigenvalue weighted by molar-refractivity contribution is 5.53. The fraction of sp³-hybridized carbons (Fsp3) is 0.316. The van der Waals surface area contributed by atoms with Crippen LogP contribution in [0.15, 0.2) is 60.7 Å². The third-order valence-corrected chi connectivity index (χ3v) is 2.93. The lowest BCUT2D eigenvalue weighted by molar-refractivity contribution is 0.137. The molecule has 0 aromatic heterocycles. The van der Waals surface area contributed by atoms with Gasteiger partial charge in [-0.2, -0.15) is 0 Å². The molecule has 0 amide bonds. The summed E-state index contributed by atoms with van der Waals surface area (Å²) in [6.07, 6.45) is -1.83. The second-order valence-electron chi connectivity index (χ2n) is 5.41. The molecule has 2 aromatic rings. The molecule has 0 spiro atoms. The third-order valence-electron chi connectivity index (χ3n) is 2.93. The van der Waals surface area contributed by atoms with Gasteiger partial charge in [0.25, 0.3) is 0 Å². The Kier molecular flexibility index (Phi) is 10.2. The Morgan fingerprint density at radius 3 is 1.05 bits per heavy atom. The minimum Gasteiger partial charge on any atom is -0.450 e. The van der Waals surface area contributed by atoms with Crippen molar-refractivity contribution in [1.82, 2.24) is 0 Å². The van der Waals surface area contributed by atoms with E-state index in [0.717, 1.165) is 0 Å². The Balaban J connectivity index is 0.000000326. The van der Waals surface area contributed by atoms with Crippen LogP contribution in [0.5, 0.6) is 0 Å². The van der Waals surface area contributed by atoms with Crippen molar-refractivity contribution < 1.29 is 15.0 Å². The summed E-state index contributed by atoms with van der Waals surface area (Å²) in [5, 5.41) is 13.9. The number of rotatable bonds is 2. The van der Waals surface area contributed by atoms with Gasteiger partial charge in [-0.05, 0) is 23.0 Å². The molecule has 0 radical (unpaired) electrons. The van der Waals surface area contributed by atoms with E-state index < -0.39 is 6.16 Å². The molecular weight excluding hydrogens is 276 g/mol. The van der Waals surface area contributed by atoms with Crippen LogP contribution in [0, 0.1) is 0 Å². The van der Waals surface area contributed by atoms with E-state index in [1.165, 1.54) is 11.1 Å². The van der Waals surface area contributed by atoms with Crippen molar-refractivity contribution >= 4 is 6.16 Å². The van der Waals surface area contributed by atoms with Crippen molar-refractivity contribution in [2.45, 2.75) is 39.5 Å². The highest BCUT2D eigenvalue weighted by Crippen LogP contribution is 2.12. The predicted octanol–water partition coefficient (Wildman–Crippen LogP) is 5.84. The number of carbonyl (C=O) groups is 1. The summed E-state index contributed by atoms with van der Waals surface area (Å²) >= 11 is 0. The third kappa shape index (κ3) is 10.5. The summed E-state index contributed by atoms with van der Waals surface area (Å²) in [5.74, 6) is 1.32. The molecule has 3 nitrogen and oxygen atoms in total. The summed E-state index contributed by atoms with van der Waals surface area (Å²) in [7, 11) is 0. The Morgan fingerprint density at radius 1 is 0.682 bits per heavy atom. The highest BCUT2D eigenvalue weighted by atomic mass is 16.6. The summed E-state index contributed by atoms with van der Waals surface area (Å²) < 4.78 is 0. The number of hydrogen-bond acceptors (Lipinski definition) is 1. The van der Waals surface area contributed by atoms with E-state index in [1.54, 1.807) is 0 Å². The lowest BCUT2D eigenvalue weighted by Crippen LogP contribution is -1.83. The average molecular weight is 302 g/mol. The summed E-state index contributed by atoms with van der Waals surface area (Å²) in [6, 6.07) is 21.0. The topological polar surface area (TPSA) is 57.5 Å².